The molecule has 4 nitrogen and oxygen atoms in total. The van der Waals surface area contributed by atoms with Crippen molar-refractivity contribution in [3.05, 3.63) is 0 Å². The average molecular weight is 325 g/mol. The van der Waals surface area contributed by atoms with Gasteiger partial charge in [0.15, 0.2) is 0 Å². The Hall–Kier alpha value is -1.06. The summed E-state index contributed by atoms with van der Waals surface area (Å²) in [4.78, 5) is 24.1. The standard InChI is InChI=1S/C19H36N2O2/c1-2-3-4-5-6-7-8-9-10-11-12-13-14-15-16-21-18(22)17-20-19(21)23/h2-17H2,1H3,(H,20,23). The van der Waals surface area contributed by atoms with Crippen LogP contribution in [0.15, 0.2) is 0 Å². The zero-order chi connectivity index (χ0) is 16.8. The van der Waals surface area contributed by atoms with Crippen molar-refractivity contribution >= 4 is 11.9 Å². The predicted octanol–water partition coefficient (Wildman–Crippen LogP) is 5.02. The van der Waals surface area contributed by atoms with E-state index in [-0.39, 0.29) is 18.5 Å². The van der Waals surface area contributed by atoms with Gasteiger partial charge < -0.3 is 5.32 Å². The van der Waals surface area contributed by atoms with Gasteiger partial charge in [-0.2, -0.15) is 0 Å². The number of amides is 3. The Morgan fingerprint density at radius 2 is 1.17 bits per heavy atom. The van der Waals surface area contributed by atoms with E-state index in [4.69, 9.17) is 0 Å². The van der Waals surface area contributed by atoms with Crippen LogP contribution in [0.4, 0.5) is 4.79 Å². The van der Waals surface area contributed by atoms with Crippen molar-refractivity contribution in [2.45, 2.75) is 96.8 Å². The van der Waals surface area contributed by atoms with Crippen molar-refractivity contribution < 1.29 is 9.59 Å². The number of carbonyl (C=O) groups is 2. The smallest absolute Gasteiger partial charge is 0.324 e. The van der Waals surface area contributed by atoms with Gasteiger partial charge in [0.05, 0.1) is 6.54 Å². The van der Waals surface area contributed by atoms with Gasteiger partial charge in [-0.1, -0.05) is 90.4 Å². The Morgan fingerprint density at radius 1 is 0.739 bits per heavy atom. The van der Waals surface area contributed by atoms with E-state index >= 15 is 0 Å². The lowest BCUT2D eigenvalue weighted by Crippen LogP contribution is -2.31. The van der Waals surface area contributed by atoms with E-state index in [2.05, 4.69) is 12.2 Å². The largest absolute Gasteiger partial charge is 0.329 e. The minimum atomic E-state index is -0.218. The molecular weight excluding hydrogens is 288 g/mol. The number of unbranched alkanes of at least 4 members (excludes halogenated alkanes) is 13. The quantitative estimate of drug-likeness (QED) is 0.340. The molecule has 134 valence electrons. The molecule has 1 fully saturated rings. The average Bonchev–Trinajstić information content (AvgIpc) is 2.86. The molecule has 0 spiro atoms. The molecule has 23 heavy (non-hydrogen) atoms. The highest BCUT2D eigenvalue weighted by Crippen LogP contribution is 2.13. The number of carbonyl (C=O) groups excluding carboxylic acids is 2. The minimum Gasteiger partial charge on any atom is -0.329 e. The van der Waals surface area contributed by atoms with Gasteiger partial charge in [-0.15, -0.1) is 0 Å². The summed E-state index contributed by atoms with van der Waals surface area (Å²) in [7, 11) is 0. The van der Waals surface area contributed by atoms with Crippen LogP contribution in [0.1, 0.15) is 96.8 Å². The first-order chi connectivity index (χ1) is 11.3. The maximum atomic E-state index is 11.4. The highest BCUT2D eigenvalue weighted by molar-refractivity contribution is 6.01. The second-order valence-corrected chi connectivity index (χ2v) is 6.80. The number of hydrogen-bond acceptors (Lipinski definition) is 2. The third-order valence-corrected chi connectivity index (χ3v) is 4.67. The van der Waals surface area contributed by atoms with Crippen molar-refractivity contribution in [2.75, 3.05) is 13.1 Å². The minimum absolute atomic E-state index is 0.0790. The van der Waals surface area contributed by atoms with Crippen LogP contribution in [0, 0.1) is 0 Å². The number of rotatable bonds is 15. The highest BCUT2D eigenvalue weighted by atomic mass is 16.2. The summed E-state index contributed by atoms with van der Waals surface area (Å²) in [5, 5.41) is 2.56. The number of hydrogen-bond donors (Lipinski definition) is 1. The van der Waals surface area contributed by atoms with Crippen LogP contribution in [0.25, 0.3) is 0 Å². The van der Waals surface area contributed by atoms with Gasteiger partial charge in [0.2, 0.25) is 5.91 Å². The predicted molar refractivity (Wildman–Crippen MR) is 95.4 cm³/mol. The van der Waals surface area contributed by atoms with Crippen LogP contribution in [-0.2, 0) is 4.79 Å². The molecule has 1 aliphatic rings. The van der Waals surface area contributed by atoms with Crippen LogP contribution in [0.5, 0.6) is 0 Å². The Balaban J connectivity index is 1.76. The zero-order valence-electron chi connectivity index (χ0n) is 15.1. The van der Waals surface area contributed by atoms with Gasteiger partial charge in [-0.05, 0) is 6.42 Å². The molecule has 0 aliphatic carbocycles. The summed E-state index contributed by atoms with van der Waals surface area (Å²) >= 11 is 0. The lowest BCUT2D eigenvalue weighted by molar-refractivity contribution is -0.125. The van der Waals surface area contributed by atoms with E-state index in [1.807, 2.05) is 0 Å². The molecule has 4 heteroatoms. The van der Waals surface area contributed by atoms with Crippen LogP contribution >= 0.6 is 0 Å². The molecule has 0 radical (unpaired) electrons. The lowest BCUT2D eigenvalue weighted by Gasteiger charge is -2.11. The fraction of sp³-hybridized carbons (Fsp3) is 0.895. The van der Waals surface area contributed by atoms with Gasteiger partial charge in [-0.3, -0.25) is 9.69 Å². The zero-order valence-corrected chi connectivity index (χ0v) is 15.1. The lowest BCUT2D eigenvalue weighted by atomic mass is 10.0. The first kappa shape index (κ1) is 20.0. The monoisotopic (exact) mass is 324 g/mol. The van der Waals surface area contributed by atoms with E-state index in [1.54, 1.807) is 0 Å². The molecule has 0 aromatic heterocycles. The normalized spacial score (nSPS) is 14.6. The Kier molecular flexibility index (Phi) is 11.6. The molecule has 0 saturated carbocycles. The Morgan fingerprint density at radius 3 is 1.57 bits per heavy atom. The van der Waals surface area contributed by atoms with Crippen molar-refractivity contribution in [1.82, 2.24) is 10.2 Å². The topological polar surface area (TPSA) is 49.4 Å². The third-order valence-electron chi connectivity index (χ3n) is 4.67. The van der Waals surface area contributed by atoms with Crippen LogP contribution in [0.3, 0.4) is 0 Å². The number of imide groups is 1. The van der Waals surface area contributed by atoms with Gasteiger partial charge in [-0.25, -0.2) is 4.79 Å². The Bertz CT molecular complexity index is 315. The van der Waals surface area contributed by atoms with E-state index in [0.29, 0.717) is 6.54 Å². The second-order valence-electron chi connectivity index (χ2n) is 6.80. The fourth-order valence-corrected chi connectivity index (χ4v) is 3.15. The molecule has 1 N–H and O–H groups in total. The first-order valence-corrected chi connectivity index (χ1v) is 9.84. The van der Waals surface area contributed by atoms with Crippen molar-refractivity contribution in [1.29, 1.82) is 0 Å². The summed E-state index contributed by atoms with van der Waals surface area (Å²) in [6.07, 6.45) is 18.5. The highest BCUT2D eigenvalue weighted by Gasteiger charge is 2.27. The third kappa shape index (κ3) is 9.62. The van der Waals surface area contributed by atoms with Crippen molar-refractivity contribution in [3.8, 4) is 0 Å². The molecule has 1 saturated heterocycles. The van der Waals surface area contributed by atoms with E-state index in [0.717, 1.165) is 12.8 Å². The van der Waals surface area contributed by atoms with Gasteiger partial charge in [0.25, 0.3) is 0 Å². The van der Waals surface area contributed by atoms with E-state index < -0.39 is 0 Å². The van der Waals surface area contributed by atoms with Gasteiger partial charge in [0, 0.05) is 6.54 Å². The molecule has 1 heterocycles. The number of urea groups is 1. The van der Waals surface area contributed by atoms with Gasteiger partial charge in [0.1, 0.15) is 0 Å². The number of nitrogens with zero attached hydrogens (tertiary/aromatic N) is 1. The molecule has 0 unspecified atom stereocenters. The van der Waals surface area contributed by atoms with E-state index in [1.165, 1.54) is 81.9 Å². The van der Waals surface area contributed by atoms with Crippen LogP contribution in [0.2, 0.25) is 0 Å². The summed E-state index contributed by atoms with van der Waals surface area (Å²) < 4.78 is 0. The first-order valence-electron chi connectivity index (χ1n) is 9.84. The van der Waals surface area contributed by atoms with E-state index in [9.17, 15) is 9.59 Å². The molecular formula is C19H36N2O2. The summed E-state index contributed by atoms with van der Waals surface area (Å²) in [6, 6.07) is -0.218. The maximum Gasteiger partial charge on any atom is 0.324 e. The van der Waals surface area contributed by atoms with Crippen molar-refractivity contribution in [2.24, 2.45) is 0 Å². The molecule has 1 rings (SSSR count). The molecule has 3 amide bonds. The molecule has 1 aliphatic heterocycles. The Labute approximate surface area is 142 Å². The van der Waals surface area contributed by atoms with Crippen LogP contribution < -0.4 is 5.32 Å². The molecule has 0 aromatic carbocycles. The molecule has 0 atom stereocenters. The molecule has 0 bridgehead atoms. The number of nitrogens with one attached hydrogen (secondary N) is 1. The summed E-state index contributed by atoms with van der Waals surface area (Å²) in [5.41, 5.74) is 0. The second kappa shape index (κ2) is 13.4. The maximum absolute atomic E-state index is 11.4. The fourth-order valence-electron chi connectivity index (χ4n) is 3.15. The summed E-state index contributed by atoms with van der Waals surface area (Å²) in [5.74, 6) is -0.0790. The van der Waals surface area contributed by atoms with Gasteiger partial charge >= 0.3 is 6.03 Å². The van der Waals surface area contributed by atoms with Crippen LogP contribution in [-0.4, -0.2) is 29.9 Å². The SMILES string of the molecule is CCCCCCCCCCCCCCCCN1C(=O)CNC1=O. The molecule has 0 aromatic rings. The summed E-state index contributed by atoms with van der Waals surface area (Å²) in [6.45, 7) is 3.03. The van der Waals surface area contributed by atoms with Crippen molar-refractivity contribution in [3.63, 3.8) is 0 Å².